The summed E-state index contributed by atoms with van der Waals surface area (Å²) in [6, 6.07) is 28.7. The van der Waals surface area contributed by atoms with E-state index >= 15 is 0 Å². The highest BCUT2D eigenvalue weighted by Gasteiger charge is 2.39. The molecule has 5 aromatic rings. The van der Waals surface area contributed by atoms with Crippen LogP contribution in [0.1, 0.15) is 76.6 Å². The Balaban J connectivity index is 0.967. The van der Waals surface area contributed by atoms with Crippen molar-refractivity contribution in [1.29, 1.82) is 0 Å². The number of amides is 4. The van der Waals surface area contributed by atoms with Crippen LogP contribution in [0.2, 0.25) is 0 Å². The molecule has 0 bridgehead atoms. The number of carbonyl (C=O) groups is 4. The minimum Gasteiger partial charge on any atom is -0.493 e. The number of rotatable bonds is 16. The number of para-hydroxylation sites is 2. The van der Waals surface area contributed by atoms with E-state index in [1.165, 1.54) is 10.8 Å². The van der Waals surface area contributed by atoms with Gasteiger partial charge in [0.05, 0.1) is 53.6 Å². The van der Waals surface area contributed by atoms with Crippen LogP contribution in [0.5, 0.6) is 23.0 Å². The third-order valence-corrected chi connectivity index (χ3v) is 16.4. The second-order valence-corrected chi connectivity index (χ2v) is 21.0. The molecule has 5 aromatic carbocycles. The predicted molar refractivity (Wildman–Crippen MR) is 265 cm³/mol. The summed E-state index contributed by atoms with van der Waals surface area (Å²) in [5, 5.41) is 10.2. The summed E-state index contributed by atoms with van der Waals surface area (Å²) in [7, 11) is 6.07. The van der Waals surface area contributed by atoms with Crippen LogP contribution in [0.3, 0.4) is 0 Å². The van der Waals surface area contributed by atoms with Crippen LogP contribution in [-0.2, 0) is 35.6 Å². The smallest absolute Gasteiger partial charge is 0.260 e. The number of anilines is 5. The van der Waals surface area contributed by atoms with Crippen LogP contribution in [0, 0.1) is 0 Å². The Morgan fingerprint density at radius 3 is 1.72 bits per heavy atom. The molecule has 0 saturated carbocycles. The lowest BCUT2D eigenvalue weighted by molar-refractivity contribution is -0.118. The Bertz CT molecular complexity index is 2610. The Labute approximate surface area is 398 Å². The number of nitrogens with two attached hydrogens (primary N) is 1. The Morgan fingerprint density at radius 2 is 1.24 bits per heavy atom. The van der Waals surface area contributed by atoms with Crippen molar-refractivity contribution in [1.82, 2.24) is 0 Å². The molecule has 1 unspecified atom stereocenters. The van der Waals surface area contributed by atoms with E-state index in [-0.39, 0.29) is 60.6 Å². The van der Waals surface area contributed by atoms with Crippen LogP contribution in [0.15, 0.2) is 91.0 Å². The van der Waals surface area contributed by atoms with Crippen molar-refractivity contribution in [2.45, 2.75) is 81.7 Å². The number of primary amides is 1. The molecule has 0 radical (unpaired) electrons. The lowest BCUT2D eigenvalue weighted by Gasteiger charge is -2.24. The molecule has 16 heteroatoms. The first kappa shape index (κ1) is 45.6. The molecule has 67 heavy (non-hydrogen) atoms. The van der Waals surface area contributed by atoms with Gasteiger partial charge in [0.1, 0.15) is 13.2 Å². The number of carbonyl (C=O) groups excluding carboxylic acids is 4. The third kappa shape index (κ3) is 9.41. The van der Waals surface area contributed by atoms with Crippen LogP contribution >= 0.6 is 21.6 Å². The second-order valence-electron chi connectivity index (χ2n) is 17.8. The van der Waals surface area contributed by atoms with E-state index in [2.05, 4.69) is 28.1 Å². The summed E-state index contributed by atoms with van der Waals surface area (Å²) < 4.78 is 23.7. The van der Waals surface area contributed by atoms with E-state index < -0.39 is 4.75 Å². The number of hydrogen-bond acceptors (Lipinski definition) is 12. The van der Waals surface area contributed by atoms with Crippen molar-refractivity contribution in [2.24, 2.45) is 5.73 Å². The average molecular weight is 943 g/mol. The average Bonchev–Trinajstić information content (AvgIpc) is 3.82. The van der Waals surface area contributed by atoms with Gasteiger partial charge >= 0.3 is 0 Å². The summed E-state index contributed by atoms with van der Waals surface area (Å²) in [6.45, 7) is 7.03. The van der Waals surface area contributed by atoms with Gasteiger partial charge in [0.25, 0.3) is 11.8 Å². The molecule has 3 atom stereocenters. The molecular formula is C51H54N6O8S2. The maximum atomic E-state index is 14.1. The van der Waals surface area contributed by atoms with Gasteiger partial charge in [-0.25, -0.2) is 0 Å². The molecule has 4 amide bonds. The van der Waals surface area contributed by atoms with Crippen molar-refractivity contribution in [3.8, 4) is 23.0 Å². The first-order valence-corrected chi connectivity index (χ1v) is 24.6. The molecule has 4 aliphatic heterocycles. The van der Waals surface area contributed by atoms with E-state index in [0.717, 1.165) is 46.5 Å². The monoisotopic (exact) mass is 942 g/mol. The predicted octanol–water partition coefficient (Wildman–Crippen LogP) is 8.61. The van der Waals surface area contributed by atoms with E-state index in [9.17, 15) is 19.2 Å². The van der Waals surface area contributed by atoms with Gasteiger partial charge in [-0.05, 0) is 97.8 Å². The standard InChI is InChI=1S/C51H54N6O8S2/c1-29(14-15-47(52)58)66-67-51(2,3)50(61)55-34-17-30(27-64-45-23-39-37(21-43(45)62-4)48(59)56-35(25-53-39)19-32-10-6-8-12-41(32)56)16-31(18-34)28-65-46-24-40-38(22-44(46)63-5)49(60)57-36(26-54-40)20-33-11-7-9-13-42(33)57/h6-13,16-18,21-24,29,35-36,53-54H,14-15,19-20,25-28H2,1-5H3,(H2,52,58)(H,55,61)/t29?,35-,36-/m0/s1. The number of hydrogen-bond donors (Lipinski definition) is 4. The minimum atomic E-state index is -0.845. The number of methoxy groups -OCH3 is 2. The minimum absolute atomic E-state index is 0.0288. The van der Waals surface area contributed by atoms with E-state index in [4.69, 9.17) is 24.7 Å². The largest absolute Gasteiger partial charge is 0.493 e. The highest BCUT2D eigenvalue weighted by atomic mass is 33.1. The van der Waals surface area contributed by atoms with Crippen molar-refractivity contribution in [2.75, 3.05) is 53.1 Å². The molecule has 14 nitrogen and oxygen atoms in total. The van der Waals surface area contributed by atoms with Crippen molar-refractivity contribution >= 4 is 73.7 Å². The molecule has 0 aromatic heterocycles. The molecule has 0 aliphatic carbocycles. The SMILES string of the molecule is COc1cc2c(cc1OCc1cc(COc3cc4c(cc3OC)C(=O)N3c5ccccc5C[C@H]3CN4)cc(NC(=O)C(C)(C)SSC(C)CCC(N)=O)c1)NC[C@@H]1Cc3ccccc3N1C2=O. The lowest BCUT2D eigenvalue weighted by atomic mass is 10.1. The van der Waals surface area contributed by atoms with Gasteiger partial charge in [0.15, 0.2) is 23.0 Å². The molecule has 9 rings (SSSR count). The molecule has 4 aliphatic rings. The normalized spacial score (nSPS) is 17.2. The summed E-state index contributed by atoms with van der Waals surface area (Å²) in [5.74, 6) is 0.918. The van der Waals surface area contributed by atoms with E-state index in [0.29, 0.717) is 70.7 Å². The highest BCUT2D eigenvalue weighted by Crippen LogP contribution is 2.44. The summed E-state index contributed by atoms with van der Waals surface area (Å²) >= 11 is 0. The second kappa shape index (κ2) is 19.0. The molecule has 4 heterocycles. The maximum Gasteiger partial charge on any atom is 0.260 e. The number of nitrogens with zero attached hydrogens (tertiary/aromatic N) is 2. The van der Waals surface area contributed by atoms with E-state index in [1.807, 2.05) is 97.3 Å². The molecule has 0 fully saturated rings. The Morgan fingerprint density at radius 1 is 0.746 bits per heavy atom. The summed E-state index contributed by atoms with van der Waals surface area (Å²) in [5.41, 5.74) is 13.8. The van der Waals surface area contributed by atoms with Gasteiger partial charge < -0.3 is 50.4 Å². The number of ether oxygens (including phenoxy) is 4. The fraction of sp³-hybridized carbons (Fsp3) is 0.333. The fourth-order valence-electron chi connectivity index (χ4n) is 9.06. The lowest BCUT2D eigenvalue weighted by Crippen LogP contribution is -2.39. The zero-order valence-corrected chi connectivity index (χ0v) is 39.7. The first-order valence-electron chi connectivity index (χ1n) is 22.4. The van der Waals surface area contributed by atoms with Crippen LogP contribution in [0.25, 0.3) is 0 Å². The molecule has 348 valence electrons. The summed E-state index contributed by atoms with van der Waals surface area (Å²) in [6.07, 6.45) is 2.41. The van der Waals surface area contributed by atoms with Gasteiger partial charge in [-0.2, -0.15) is 0 Å². The fourth-order valence-corrected chi connectivity index (χ4v) is 11.5. The Kier molecular flexibility index (Phi) is 12.9. The van der Waals surface area contributed by atoms with Gasteiger partial charge in [-0.15, -0.1) is 0 Å². The van der Waals surface area contributed by atoms with Crippen molar-refractivity contribution < 1.29 is 38.1 Å². The van der Waals surface area contributed by atoms with Crippen LogP contribution < -0.4 is 50.4 Å². The van der Waals surface area contributed by atoms with E-state index in [1.54, 1.807) is 37.1 Å². The number of benzene rings is 5. The molecule has 0 spiro atoms. The topological polar surface area (TPSA) is 174 Å². The van der Waals surface area contributed by atoms with Crippen molar-refractivity contribution in [3.05, 3.63) is 124 Å². The number of fused-ring (bicyclic) bond motifs is 8. The maximum absolute atomic E-state index is 14.1. The van der Waals surface area contributed by atoms with Gasteiger partial charge in [0, 0.05) is 54.0 Å². The molecular weight excluding hydrogens is 889 g/mol. The highest BCUT2D eigenvalue weighted by molar-refractivity contribution is 8.77. The van der Waals surface area contributed by atoms with Gasteiger partial charge in [-0.1, -0.05) is 64.9 Å². The summed E-state index contributed by atoms with van der Waals surface area (Å²) in [4.78, 5) is 57.2. The number of nitrogens with one attached hydrogen (secondary N) is 3. The van der Waals surface area contributed by atoms with Gasteiger partial charge in [0.2, 0.25) is 11.8 Å². The zero-order chi connectivity index (χ0) is 47.0. The first-order chi connectivity index (χ1) is 32.3. The third-order valence-electron chi connectivity index (χ3n) is 12.6. The molecule has 0 saturated heterocycles. The quantitative estimate of drug-likeness (QED) is 0.0695. The molecule has 5 N–H and O–H groups in total. The van der Waals surface area contributed by atoms with Crippen molar-refractivity contribution in [3.63, 3.8) is 0 Å². The van der Waals surface area contributed by atoms with Gasteiger partial charge in [-0.3, -0.25) is 19.2 Å². The van der Waals surface area contributed by atoms with Crippen LogP contribution in [-0.4, -0.2) is 73.0 Å². The zero-order valence-electron chi connectivity index (χ0n) is 38.1. The Hall–Kier alpha value is -6.52. The van der Waals surface area contributed by atoms with Crippen LogP contribution in [0.4, 0.5) is 28.4 Å².